The van der Waals surface area contributed by atoms with Gasteiger partial charge in [0.1, 0.15) is 0 Å². The molecule has 0 saturated carbocycles. The van der Waals surface area contributed by atoms with E-state index in [9.17, 15) is 4.79 Å². The van der Waals surface area contributed by atoms with Gasteiger partial charge in [-0.25, -0.2) is 14.3 Å². The van der Waals surface area contributed by atoms with Gasteiger partial charge in [-0.15, -0.1) is 0 Å². The fraction of sp³-hybridized carbons (Fsp3) is 0.462. The van der Waals surface area contributed by atoms with Gasteiger partial charge in [0.15, 0.2) is 17.2 Å². The molecule has 6 nitrogen and oxygen atoms in total. The van der Waals surface area contributed by atoms with E-state index in [4.69, 9.17) is 9.47 Å². The molecular weight excluding hydrogens is 246 g/mol. The molecule has 1 atom stereocenters. The number of esters is 1. The molecule has 0 amide bonds. The van der Waals surface area contributed by atoms with Crippen molar-refractivity contribution in [2.24, 2.45) is 0 Å². The van der Waals surface area contributed by atoms with Gasteiger partial charge in [0.2, 0.25) is 0 Å². The van der Waals surface area contributed by atoms with Gasteiger partial charge in [-0.05, 0) is 25.0 Å². The van der Waals surface area contributed by atoms with Crippen molar-refractivity contribution >= 4 is 11.6 Å². The summed E-state index contributed by atoms with van der Waals surface area (Å²) in [6.07, 6.45) is 2.04. The summed E-state index contributed by atoms with van der Waals surface area (Å²) in [6, 6.07) is 5.28. The molecule has 19 heavy (non-hydrogen) atoms. The summed E-state index contributed by atoms with van der Waals surface area (Å²) >= 11 is 0. The molecule has 2 aromatic rings. The SMILES string of the molecule is COC(=O)c1cccc2nc(C3CCCOC3)nn12. The standard InChI is InChI=1S/C13H15N3O3/c1-18-13(17)10-5-2-6-11-14-12(15-16(10)11)9-4-3-7-19-8-9/h2,5-6,9H,3-4,7-8H2,1H3. The Morgan fingerprint density at radius 2 is 2.42 bits per heavy atom. The second-order valence-electron chi connectivity index (χ2n) is 4.56. The molecule has 1 aliphatic rings. The number of rotatable bonds is 2. The number of pyridine rings is 1. The first-order valence-corrected chi connectivity index (χ1v) is 6.31. The van der Waals surface area contributed by atoms with E-state index < -0.39 is 5.97 Å². The lowest BCUT2D eigenvalue weighted by atomic mass is 10.0. The van der Waals surface area contributed by atoms with Crippen LogP contribution < -0.4 is 0 Å². The summed E-state index contributed by atoms with van der Waals surface area (Å²) in [7, 11) is 1.36. The summed E-state index contributed by atoms with van der Waals surface area (Å²) in [4.78, 5) is 16.2. The number of fused-ring (bicyclic) bond motifs is 1. The molecule has 0 bridgehead atoms. The van der Waals surface area contributed by atoms with Crippen molar-refractivity contribution < 1.29 is 14.3 Å². The zero-order valence-electron chi connectivity index (χ0n) is 10.7. The van der Waals surface area contributed by atoms with Crippen molar-refractivity contribution in [2.75, 3.05) is 20.3 Å². The second kappa shape index (κ2) is 4.97. The maximum absolute atomic E-state index is 11.7. The van der Waals surface area contributed by atoms with Crippen LogP contribution in [0.4, 0.5) is 0 Å². The van der Waals surface area contributed by atoms with Crippen LogP contribution >= 0.6 is 0 Å². The molecule has 0 aliphatic carbocycles. The monoisotopic (exact) mass is 261 g/mol. The summed E-state index contributed by atoms with van der Waals surface area (Å²) in [5, 5.41) is 4.43. The van der Waals surface area contributed by atoms with E-state index in [1.54, 1.807) is 12.1 Å². The van der Waals surface area contributed by atoms with E-state index in [2.05, 4.69) is 10.1 Å². The van der Waals surface area contributed by atoms with Gasteiger partial charge < -0.3 is 9.47 Å². The topological polar surface area (TPSA) is 65.7 Å². The first-order chi connectivity index (χ1) is 9.29. The molecule has 0 radical (unpaired) electrons. The molecule has 1 fully saturated rings. The van der Waals surface area contributed by atoms with Crippen LogP contribution in [0.3, 0.4) is 0 Å². The van der Waals surface area contributed by atoms with E-state index in [0.717, 1.165) is 25.3 Å². The molecule has 6 heteroatoms. The number of methoxy groups -OCH3 is 1. The minimum atomic E-state index is -0.415. The molecule has 0 spiro atoms. The average Bonchev–Trinajstić information content (AvgIpc) is 2.91. The van der Waals surface area contributed by atoms with Crippen molar-refractivity contribution in [1.29, 1.82) is 0 Å². The lowest BCUT2D eigenvalue weighted by Gasteiger charge is -2.18. The van der Waals surface area contributed by atoms with E-state index in [1.165, 1.54) is 11.6 Å². The summed E-state index contributed by atoms with van der Waals surface area (Å²) < 4.78 is 11.7. The Balaban J connectivity index is 2.02. The molecule has 3 heterocycles. The number of nitrogens with zero attached hydrogens (tertiary/aromatic N) is 3. The number of ether oxygens (including phenoxy) is 2. The summed E-state index contributed by atoms with van der Waals surface area (Å²) in [5.41, 5.74) is 1.04. The smallest absolute Gasteiger partial charge is 0.356 e. The highest BCUT2D eigenvalue weighted by atomic mass is 16.5. The molecular formula is C13H15N3O3. The largest absolute Gasteiger partial charge is 0.464 e. The first kappa shape index (κ1) is 12.1. The highest BCUT2D eigenvalue weighted by molar-refractivity contribution is 5.88. The maximum Gasteiger partial charge on any atom is 0.356 e. The van der Waals surface area contributed by atoms with Crippen LogP contribution in [0.5, 0.6) is 0 Å². The van der Waals surface area contributed by atoms with Gasteiger partial charge in [0.25, 0.3) is 0 Å². The zero-order chi connectivity index (χ0) is 13.2. The van der Waals surface area contributed by atoms with Crippen LogP contribution in [-0.4, -0.2) is 40.9 Å². The minimum absolute atomic E-state index is 0.208. The van der Waals surface area contributed by atoms with Gasteiger partial charge in [-0.3, -0.25) is 0 Å². The third kappa shape index (κ3) is 2.19. The Kier molecular flexibility index (Phi) is 3.16. The number of aromatic nitrogens is 3. The van der Waals surface area contributed by atoms with Gasteiger partial charge in [0.05, 0.1) is 13.7 Å². The molecule has 100 valence electrons. The Bertz CT molecular complexity index is 602. The summed E-state index contributed by atoms with van der Waals surface area (Å²) in [5.74, 6) is 0.525. The summed E-state index contributed by atoms with van der Waals surface area (Å²) in [6.45, 7) is 1.45. The van der Waals surface area contributed by atoms with E-state index in [-0.39, 0.29) is 5.92 Å². The average molecular weight is 261 g/mol. The van der Waals surface area contributed by atoms with Crippen LogP contribution in [0.25, 0.3) is 5.65 Å². The molecule has 1 unspecified atom stereocenters. The van der Waals surface area contributed by atoms with Crippen molar-refractivity contribution in [3.05, 3.63) is 29.7 Å². The fourth-order valence-corrected chi connectivity index (χ4v) is 2.30. The zero-order valence-corrected chi connectivity index (χ0v) is 10.7. The highest BCUT2D eigenvalue weighted by Crippen LogP contribution is 2.23. The molecule has 1 saturated heterocycles. The Morgan fingerprint density at radius 3 is 3.16 bits per heavy atom. The Labute approximate surface area is 110 Å². The number of carbonyl (C=O) groups is 1. The van der Waals surface area contributed by atoms with E-state index in [1.807, 2.05) is 6.07 Å². The fourth-order valence-electron chi connectivity index (χ4n) is 2.30. The number of carbonyl (C=O) groups excluding carboxylic acids is 1. The third-order valence-electron chi connectivity index (χ3n) is 3.30. The number of hydrogen-bond acceptors (Lipinski definition) is 5. The van der Waals surface area contributed by atoms with Crippen molar-refractivity contribution in [3.63, 3.8) is 0 Å². The maximum atomic E-state index is 11.7. The lowest BCUT2D eigenvalue weighted by molar-refractivity contribution is 0.0590. The van der Waals surface area contributed by atoms with Crippen LogP contribution in [0.2, 0.25) is 0 Å². The third-order valence-corrected chi connectivity index (χ3v) is 3.30. The van der Waals surface area contributed by atoms with Gasteiger partial charge in [-0.2, -0.15) is 5.10 Å². The molecule has 0 N–H and O–H groups in total. The lowest BCUT2D eigenvalue weighted by Crippen LogP contribution is -2.17. The van der Waals surface area contributed by atoms with Crippen LogP contribution in [0.1, 0.15) is 35.1 Å². The minimum Gasteiger partial charge on any atom is -0.464 e. The second-order valence-corrected chi connectivity index (χ2v) is 4.56. The first-order valence-electron chi connectivity index (χ1n) is 6.31. The predicted molar refractivity (Wildman–Crippen MR) is 67.1 cm³/mol. The molecule has 3 rings (SSSR count). The van der Waals surface area contributed by atoms with Crippen LogP contribution in [-0.2, 0) is 9.47 Å². The Hall–Kier alpha value is -1.95. The van der Waals surface area contributed by atoms with Crippen LogP contribution in [0.15, 0.2) is 18.2 Å². The van der Waals surface area contributed by atoms with Gasteiger partial charge in [0, 0.05) is 12.5 Å². The van der Waals surface area contributed by atoms with Gasteiger partial charge >= 0.3 is 5.97 Å². The molecule has 2 aromatic heterocycles. The highest BCUT2D eigenvalue weighted by Gasteiger charge is 2.22. The van der Waals surface area contributed by atoms with Gasteiger partial charge in [-0.1, -0.05) is 6.07 Å². The molecule has 1 aliphatic heterocycles. The van der Waals surface area contributed by atoms with Crippen molar-refractivity contribution in [1.82, 2.24) is 14.6 Å². The normalized spacial score (nSPS) is 19.5. The quantitative estimate of drug-likeness (QED) is 0.765. The van der Waals surface area contributed by atoms with Crippen LogP contribution in [0, 0.1) is 0 Å². The van der Waals surface area contributed by atoms with E-state index in [0.29, 0.717) is 17.9 Å². The molecule has 0 aromatic carbocycles. The predicted octanol–water partition coefficient (Wildman–Crippen LogP) is 1.41. The number of hydrogen-bond donors (Lipinski definition) is 0. The van der Waals surface area contributed by atoms with Crippen molar-refractivity contribution in [2.45, 2.75) is 18.8 Å². The van der Waals surface area contributed by atoms with Crippen molar-refractivity contribution in [3.8, 4) is 0 Å². The Morgan fingerprint density at radius 1 is 1.53 bits per heavy atom. The van der Waals surface area contributed by atoms with E-state index >= 15 is 0 Å².